The second-order valence-corrected chi connectivity index (χ2v) is 7.19. The van der Waals surface area contributed by atoms with Gasteiger partial charge < -0.3 is 15.2 Å². The molecule has 0 radical (unpaired) electrons. The van der Waals surface area contributed by atoms with Gasteiger partial charge in [-0.15, -0.1) is 0 Å². The van der Waals surface area contributed by atoms with Gasteiger partial charge in [-0.05, 0) is 31.0 Å². The molecule has 114 valence electrons. The van der Waals surface area contributed by atoms with E-state index in [0.29, 0.717) is 13.0 Å². The molecule has 0 saturated carbocycles. The Bertz CT molecular complexity index is 498. The Labute approximate surface area is 121 Å². The van der Waals surface area contributed by atoms with Crippen molar-refractivity contribution in [1.29, 1.82) is 0 Å². The molecule has 5 nitrogen and oxygen atoms in total. The van der Waals surface area contributed by atoms with Crippen LogP contribution in [-0.4, -0.2) is 40.2 Å². The predicted octanol–water partition coefficient (Wildman–Crippen LogP) is 1.53. The summed E-state index contributed by atoms with van der Waals surface area (Å²) in [6, 6.07) is 6.60. The molecule has 0 amide bonds. The molecule has 2 atom stereocenters. The molecule has 2 unspecified atom stereocenters. The Balaban J connectivity index is 2.76. The van der Waals surface area contributed by atoms with E-state index in [4.69, 9.17) is 15.2 Å². The van der Waals surface area contributed by atoms with Gasteiger partial charge in [0.2, 0.25) is 0 Å². The number of ether oxygens (including phenoxy) is 2. The zero-order valence-corrected chi connectivity index (χ0v) is 13.0. The molecule has 0 saturated heterocycles. The zero-order chi connectivity index (χ0) is 15.2. The quantitative estimate of drug-likeness (QED) is 0.737. The van der Waals surface area contributed by atoms with Crippen LogP contribution in [0.25, 0.3) is 0 Å². The summed E-state index contributed by atoms with van der Waals surface area (Å²) in [5.41, 5.74) is 6.85. The number of hydrogen-bond acceptors (Lipinski definition) is 5. The van der Waals surface area contributed by atoms with Gasteiger partial charge in [0.15, 0.2) is 9.84 Å². The van der Waals surface area contributed by atoms with Crippen LogP contribution in [0.5, 0.6) is 5.75 Å². The molecule has 0 heterocycles. The van der Waals surface area contributed by atoms with Gasteiger partial charge in [-0.3, -0.25) is 0 Å². The zero-order valence-electron chi connectivity index (χ0n) is 12.2. The molecular formula is C14H23NO4S. The van der Waals surface area contributed by atoms with Crippen molar-refractivity contribution < 1.29 is 17.9 Å². The number of nitrogens with two attached hydrogens (primary N) is 1. The molecular weight excluding hydrogens is 278 g/mol. The molecule has 0 fully saturated rings. The molecule has 1 aromatic carbocycles. The van der Waals surface area contributed by atoms with E-state index < -0.39 is 21.1 Å². The Hall–Kier alpha value is -1.11. The Kier molecular flexibility index (Phi) is 6.45. The minimum Gasteiger partial charge on any atom is -0.497 e. The molecule has 0 aliphatic heterocycles. The van der Waals surface area contributed by atoms with Crippen molar-refractivity contribution in [2.75, 3.05) is 26.6 Å². The highest BCUT2D eigenvalue weighted by Crippen LogP contribution is 2.22. The van der Waals surface area contributed by atoms with Crippen LogP contribution in [0.3, 0.4) is 0 Å². The van der Waals surface area contributed by atoms with Gasteiger partial charge in [0.1, 0.15) is 5.75 Å². The first kappa shape index (κ1) is 16.9. The fourth-order valence-electron chi connectivity index (χ4n) is 1.91. The minimum absolute atomic E-state index is 0.0891. The van der Waals surface area contributed by atoms with E-state index in [9.17, 15) is 8.42 Å². The first-order valence-electron chi connectivity index (χ1n) is 6.52. The number of benzene rings is 1. The fraction of sp³-hybridized carbons (Fsp3) is 0.571. The number of sulfone groups is 1. The van der Waals surface area contributed by atoms with Crippen molar-refractivity contribution in [3.05, 3.63) is 29.8 Å². The average Bonchev–Trinajstić information content (AvgIpc) is 2.46. The topological polar surface area (TPSA) is 78.6 Å². The van der Waals surface area contributed by atoms with Crippen molar-refractivity contribution in [2.24, 2.45) is 5.73 Å². The maximum Gasteiger partial charge on any atom is 0.154 e. The summed E-state index contributed by atoms with van der Waals surface area (Å²) in [5.74, 6) is 0.808. The molecule has 0 bridgehead atoms. The van der Waals surface area contributed by atoms with Gasteiger partial charge in [-0.2, -0.15) is 0 Å². The number of hydrogen-bond donors (Lipinski definition) is 1. The largest absolute Gasteiger partial charge is 0.497 e. The van der Waals surface area contributed by atoms with E-state index in [1.165, 1.54) is 0 Å². The van der Waals surface area contributed by atoms with Crippen molar-refractivity contribution >= 4 is 9.84 Å². The summed E-state index contributed by atoms with van der Waals surface area (Å²) >= 11 is 0. The maximum atomic E-state index is 12.2. The molecule has 0 aliphatic carbocycles. The van der Waals surface area contributed by atoms with E-state index in [2.05, 4.69) is 0 Å². The van der Waals surface area contributed by atoms with E-state index in [1.54, 1.807) is 45.4 Å². The number of methoxy groups -OCH3 is 2. The minimum atomic E-state index is -3.23. The van der Waals surface area contributed by atoms with Gasteiger partial charge in [-0.25, -0.2) is 8.42 Å². The summed E-state index contributed by atoms with van der Waals surface area (Å²) in [4.78, 5) is 0. The normalized spacial score (nSPS) is 14.8. The molecule has 1 aromatic rings. The molecule has 2 N–H and O–H groups in total. The average molecular weight is 301 g/mol. The second-order valence-electron chi connectivity index (χ2n) is 4.72. The second kappa shape index (κ2) is 7.61. The summed E-state index contributed by atoms with van der Waals surface area (Å²) in [5, 5.41) is -0.632. The Morgan fingerprint density at radius 2 is 1.80 bits per heavy atom. The third kappa shape index (κ3) is 4.47. The smallest absolute Gasteiger partial charge is 0.154 e. The molecule has 1 rings (SSSR count). The standard InChI is InChI=1S/C14H23NO4S/c1-11(20(16,17)10-4-9-18-2)14(15)12-5-7-13(19-3)8-6-12/h5-8,11,14H,4,9-10,15H2,1-3H3. The number of rotatable bonds is 8. The lowest BCUT2D eigenvalue weighted by molar-refractivity contribution is 0.199. The first-order chi connectivity index (χ1) is 9.42. The highest BCUT2D eigenvalue weighted by molar-refractivity contribution is 7.92. The van der Waals surface area contributed by atoms with Crippen LogP contribution in [0.2, 0.25) is 0 Å². The summed E-state index contributed by atoms with van der Waals surface area (Å²) in [7, 11) is -0.0960. The van der Waals surface area contributed by atoms with Crippen LogP contribution in [0.1, 0.15) is 24.9 Å². The van der Waals surface area contributed by atoms with Crippen molar-refractivity contribution in [1.82, 2.24) is 0 Å². The van der Waals surface area contributed by atoms with Gasteiger partial charge in [-0.1, -0.05) is 12.1 Å². The lowest BCUT2D eigenvalue weighted by Gasteiger charge is -2.20. The lowest BCUT2D eigenvalue weighted by atomic mass is 10.1. The summed E-state index contributed by atoms with van der Waals surface area (Å²) in [6.45, 7) is 2.08. The van der Waals surface area contributed by atoms with Crippen molar-refractivity contribution in [3.63, 3.8) is 0 Å². The van der Waals surface area contributed by atoms with E-state index in [-0.39, 0.29) is 5.75 Å². The lowest BCUT2D eigenvalue weighted by Crippen LogP contribution is -2.33. The van der Waals surface area contributed by atoms with Crippen LogP contribution in [0.15, 0.2) is 24.3 Å². The van der Waals surface area contributed by atoms with Crippen molar-refractivity contribution in [3.8, 4) is 5.75 Å². The van der Waals surface area contributed by atoms with Crippen LogP contribution in [0, 0.1) is 0 Å². The molecule has 0 spiro atoms. The molecule has 0 aliphatic rings. The molecule has 6 heteroatoms. The predicted molar refractivity (Wildman–Crippen MR) is 79.7 cm³/mol. The highest BCUT2D eigenvalue weighted by atomic mass is 32.2. The van der Waals surface area contributed by atoms with Gasteiger partial charge in [0, 0.05) is 19.8 Å². The van der Waals surface area contributed by atoms with Crippen LogP contribution in [0.4, 0.5) is 0 Å². The maximum absolute atomic E-state index is 12.2. The highest BCUT2D eigenvalue weighted by Gasteiger charge is 2.27. The molecule has 20 heavy (non-hydrogen) atoms. The first-order valence-corrected chi connectivity index (χ1v) is 8.24. The van der Waals surface area contributed by atoms with E-state index in [1.807, 2.05) is 0 Å². The summed E-state index contributed by atoms with van der Waals surface area (Å²) < 4.78 is 34.3. The van der Waals surface area contributed by atoms with Crippen LogP contribution >= 0.6 is 0 Å². The van der Waals surface area contributed by atoms with E-state index >= 15 is 0 Å². The van der Waals surface area contributed by atoms with Gasteiger partial charge in [0.05, 0.1) is 18.1 Å². The van der Waals surface area contributed by atoms with Crippen molar-refractivity contribution in [2.45, 2.75) is 24.6 Å². The third-order valence-corrected chi connectivity index (χ3v) is 5.63. The summed E-state index contributed by atoms with van der Waals surface area (Å²) in [6.07, 6.45) is 0.485. The van der Waals surface area contributed by atoms with Gasteiger partial charge >= 0.3 is 0 Å². The third-order valence-electron chi connectivity index (χ3n) is 3.35. The van der Waals surface area contributed by atoms with E-state index in [0.717, 1.165) is 11.3 Å². The molecule has 0 aromatic heterocycles. The Morgan fingerprint density at radius 3 is 2.30 bits per heavy atom. The van der Waals surface area contributed by atoms with Gasteiger partial charge in [0.25, 0.3) is 0 Å². The SMILES string of the molecule is COCCCS(=O)(=O)C(C)C(N)c1ccc(OC)cc1. The Morgan fingerprint density at radius 1 is 1.20 bits per heavy atom. The monoisotopic (exact) mass is 301 g/mol. The van der Waals surface area contributed by atoms with Crippen LogP contribution < -0.4 is 10.5 Å². The van der Waals surface area contributed by atoms with Crippen LogP contribution in [-0.2, 0) is 14.6 Å². The fourth-order valence-corrected chi connectivity index (χ4v) is 3.41.